The van der Waals surface area contributed by atoms with Crippen LogP contribution in [0.2, 0.25) is 5.02 Å². The van der Waals surface area contributed by atoms with Crippen molar-refractivity contribution in [1.82, 2.24) is 5.32 Å². The van der Waals surface area contributed by atoms with Crippen LogP contribution in [0.3, 0.4) is 0 Å². The normalized spacial score (nSPS) is 10.2. The van der Waals surface area contributed by atoms with Crippen LogP contribution in [0.4, 0.5) is 5.69 Å². The van der Waals surface area contributed by atoms with Gasteiger partial charge < -0.3 is 20.1 Å². The van der Waals surface area contributed by atoms with E-state index in [4.69, 9.17) is 21.1 Å². The molecule has 0 bridgehead atoms. The molecular weight excluding hydrogens is 424 g/mol. The number of benzene rings is 2. The number of rotatable bonds is 7. The van der Waals surface area contributed by atoms with E-state index in [1.54, 1.807) is 36.4 Å². The van der Waals surface area contributed by atoms with Crippen molar-refractivity contribution in [2.75, 3.05) is 25.6 Å². The second-order valence-corrected chi connectivity index (χ2v) is 6.45. The Balaban J connectivity index is 1.99. The minimum absolute atomic E-state index is 0.172. The number of hydrogen-bond donors (Lipinski definition) is 2. The zero-order valence-corrected chi connectivity index (χ0v) is 16.6. The highest BCUT2D eigenvalue weighted by Crippen LogP contribution is 2.36. The lowest BCUT2D eigenvalue weighted by Crippen LogP contribution is -2.32. The molecule has 2 rings (SSSR count). The van der Waals surface area contributed by atoms with Gasteiger partial charge in [0, 0.05) is 16.3 Å². The van der Waals surface area contributed by atoms with Gasteiger partial charge in [0.05, 0.1) is 24.7 Å². The number of carbonyl (C=O) groups excluding carboxylic acids is 2. The van der Waals surface area contributed by atoms with E-state index in [1.807, 2.05) is 6.92 Å². The first kappa shape index (κ1) is 20.1. The van der Waals surface area contributed by atoms with E-state index >= 15 is 0 Å². The van der Waals surface area contributed by atoms with Crippen LogP contribution < -0.4 is 20.1 Å². The SMILES string of the molecule is CCOc1c(Br)cc(C(=O)NCC(=O)Nc2ccc(Cl)cc2)cc1OC. The number of methoxy groups -OCH3 is 1. The molecule has 0 saturated carbocycles. The summed E-state index contributed by atoms with van der Waals surface area (Å²) in [5, 5.41) is 5.81. The number of carbonyl (C=O) groups is 2. The van der Waals surface area contributed by atoms with Gasteiger partial charge in [-0.3, -0.25) is 9.59 Å². The summed E-state index contributed by atoms with van der Waals surface area (Å²) in [6.07, 6.45) is 0. The Bertz CT molecular complexity index is 797. The highest BCUT2D eigenvalue weighted by atomic mass is 79.9. The van der Waals surface area contributed by atoms with Crippen molar-refractivity contribution in [3.8, 4) is 11.5 Å². The Morgan fingerprint density at radius 2 is 1.88 bits per heavy atom. The van der Waals surface area contributed by atoms with E-state index in [1.165, 1.54) is 7.11 Å². The average molecular weight is 442 g/mol. The van der Waals surface area contributed by atoms with Gasteiger partial charge in [-0.2, -0.15) is 0 Å². The Hall–Kier alpha value is -2.25. The second-order valence-electron chi connectivity index (χ2n) is 5.16. The Labute approximate surface area is 164 Å². The fourth-order valence-electron chi connectivity index (χ4n) is 2.14. The lowest BCUT2D eigenvalue weighted by molar-refractivity contribution is -0.115. The number of hydrogen-bond acceptors (Lipinski definition) is 4. The zero-order valence-electron chi connectivity index (χ0n) is 14.3. The van der Waals surface area contributed by atoms with Crippen LogP contribution >= 0.6 is 27.5 Å². The van der Waals surface area contributed by atoms with Crippen LogP contribution in [-0.4, -0.2) is 32.1 Å². The quantitative estimate of drug-likeness (QED) is 0.684. The van der Waals surface area contributed by atoms with E-state index in [-0.39, 0.29) is 12.5 Å². The van der Waals surface area contributed by atoms with Gasteiger partial charge in [-0.1, -0.05) is 11.6 Å². The zero-order chi connectivity index (χ0) is 19.1. The lowest BCUT2D eigenvalue weighted by atomic mass is 10.2. The lowest BCUT2D eigenvalue weighted by Gasteiger charge is -2.13. The van der Waals surface area contributed by atoms with Gasteiger partial charge in [0.15, 0.2) is 11.5 Å². The minimum atomic E-state index is -0.404. The van der Waals surface area contributed by atoms with Gasteiger partial charge >= 0.3 is 0 Å². The summed E-state index contributed by atoms with van der Waals surface area (Å²) in [6.45, 7) is 2.14. The molecule has 0 aliphatic rings. The van der Waals surface area contributed by atoms with Crippen molar-refractivity contribution in [2.45, 2.75) is 6.92 Å². The molecule has 2 amide bonds. The molecule has 2 aromatic carbocycles. The molecule has 2 N–H and O–H groups in total. The molecule has 0 unspecified atom stereocenters. The Morgan fingerprint density at radius 3 is 2.50 bits per heavy atom. The maximum absolute atomic E-state index is 12.3. The van der Waals surface area contributed by atoms with Crippen molar-refractivity contribution in [2.24, 2.45) is 0 Å². The molecule has 0 aliphatic heterocycles. The molecule has 2 aromatic rings. The van der Waals surface area contributed by atoms with Crippen LogP contribution in [0.25, 0.3) is 0 Å². The van der Waals surface area contributed by atoms with Crippen LogP contribution in [0.1, 0.15) is 17.3 Å². The molecule has 0 atom stereocenters. The Kier molecular flexibility index (Phi) is 7.29. The molecule has 138 valence electrons. The minimum Gasteiger partial charge on any atom is -0.493 e. The third-order valence-electron chi connectivity index (χ3n) is 3.32. The standard InChI is InChI=1S/C18H18BrClN2O4/c1-3-26-17-14(19)8-11(9-15(17)25-2)18(24)21-10-16(23)22-13-6-4-12(20)5-7-13/h4-9H,3,10H2,1-2H3,(H,21,24)(H,22,23). The van der Waals surface area contributed by atoms with Gasteiger partial charge in [-0.15, -0.1) is 0 Å². The molecule has 0 aromatic heterocycles. The van der Waals surface area contributed by atoms with E-state index in [0.29, 0.717) is 38.9 Å². The summed E-state index contributed by atoms with van der Waals surface area (Å²) in [4.78, 5) is 24.3. The van der Waals surface area contributed by atoms with Crippen molar-refractivity contribution in [1.29, 1.82) is 0 Å². The summed E-state index contributed by atoms with van der Waals surface area (Å²) in [7, 11) is 1.49. The van der Waals surface area contributed by atoms with Crippen molar-refractivity contribution in [3.63, 3.8) is 0 Å². The van der Waals surface area contributed by atoms with Crippen LogP contribution in [-0.2, 0) is 4.79 Å². The average Bonchev–Trinajstić information content (AvgIpc) is 2.63. The molecule has 0 fully saturated rings. The maximum Gasteiger partial charge on any atom is 0.251 e. The summed E-state index contributed by atoms with van der Waals surface area (Å²) >= 11 is 9.16. The van der Waals surface area contributed by atoms with Crippen LogP contribution in [0.15, 0.2) is 40.9 Å². The summed E-state index contributed by atoms with van der Waals surface area (Å²) in [5.74, 6) is 0.194. The predicted octanol–water partition coefficient (Wildman–Crippen LogP) is 3.88. The Morgan fingerprint density at radius 1 is 1.19 bits per heavy atom. The van der Waals surface area contributed by atoms with Crippen LogP contribution in [0, 0.1) is 0 Å². The van der Waals surface area contributed by atoms with Gasteiger partial charge in [0.1, 0.15) is 0 Å². The summed E-state index contributed by atoms with van der Waals surface area (Å²) < 4.78 is 11.3. The van der Waals surface area contributed by atoms with Crippen molar-refractivity contribution < 1.29 is 19.1 Å². The molecule has 6 nitrogen and oxygen atoms in total. The van der Waals surface area contributed by atoms with E-state index in [2.05, 4.69) is 26.6 Å². The first-order chi connectivity index (χ1) is 12.4. The molecular formula is C18H18BrClN2O4. The highest BCUT2D eigenvalue weighted by Gasteiger charge is 2.16. The highest BCUT2D eigenvalue weighted by molar-refractivity contribution is 9.10. The predicted molar refractivity (Wildman–Crippen MR) is 104 cm³/mol. The molecule has 0 heterocycles. The third-order valence-corrected chi connectivity index (χ3v) is 4.16. The molecule has 8 heteroatoms. The molecule has 0 radical (unpaired) electrons. The monoisotopic (exact) mass is 440 g/mol. The molecule has 0 saturated heterocycles. The largest absolute Gasteiger partial charge is 0.493 e. The fourth-order valence-corrected chi connectivity index (χ4v) is 2.82. The number of amides is 2. The van der Waals surface area contributed by atoms with Crippen molar-refractivity contribution in [3.05, 3.63) is 51.5 Å². The fraction of sp³-hybridized carbons (Fsp3) is 0.222. The van der Waals surface area contributed by atoms with Crippen molar-refractivity contribution >= 4 is 45.0 Å². The number of halogens is 2. The topological polar surface area (TPSA) is 76.7 Å². The summed E-state index contributed by atoms with van der Waals surface area (Å²) in [6, 6.07) is 9.86. The van der Waals surface area contributed by atoms with Gasteiger partial charge in [-0.05, 0) is 59.3 Å². The molecule has 0 spiro atoms. The molecule has 26 heavy (non-hydrogen) atoms. The number of nitrogens with one attached hydrogen (secondary N) is 2. The maximum atomic E-state index is 12.3. The first-order valence-electron chi connectivity index (χ1n) is 7.78. The van der Waals surface area contributed by atoms with Gasteiger partial charge in [0.25, 0.3) is 5.91 Å². The third kappa shape index (κ3) is 5.37. The molecule has 0 aliphatic carbocycles. The first-order valence-corrected chi connectivity index (χ1v) is 8.95. The summed E-state index contributed by atoms with van der Waals surface area (Å²) in [5.41, 5.74) is 0.940. The second kappa shape index (κ2) is 9.45. The van der Waals surface area contributed by atoms with E-state index in [9.17, 15) is 9.59 Å². The smallest absolute Gasteiger partial charge is 0.251 e. The number of anilines is 1. The van der Waals surface area contributed by atoms with Gasteiger partial charge in [-0.25, -0.2) is 0 Å². The van der Waals surface area contributed by atoms with Gasteiger partial charge in [0.2, 0.25) is 5.91 Å². The van der Waals surface area contributed by atoms with Crippen LogP contribution in [0.5, 0.6) is 11.5 Å². The number of ether oxygens (including phenoxy) is 2. The van der Waals surface area contributed by atoms with E-state index < -0.39 is 5.91 Å². The van der Waals surface area contributed by atoms with E-state index in [0.717, 1.165) is 0 Å².